The highest BCUT2D eigenvalue weighted by Gasteiger charge is 2.30. The van der Waals surface area contributed by atoms with Crippen molar-refractivity contribution in [2.75, 3.05) is 39.9 Å². The molecule has 0 bridgehead atoms. The van der Waals surface area contributed by atoms with Gasteiger partial charge in [-0.25, -0.2) is 0 Å². The monoisotopic (exact) mass is 383 g/mol. The predicted molar refractivity (Wildman–Crippen MR) is 88.8 cm³/mol. The maximum atomic E-state index is 12.4. The number of hydrogen-bond donors (Lipinski definition) is 3. The Bertz CT molecular complexity index is 539. The average Bonchev–Trinajstić information content (AvgIpc) is 2.55. The SMILES string of the molecule is COCCNCCNC(=O)CNC(=O)c1ccc(C(F)(F)F)cc1.Cl. The van der Waals surface area contributed by atoms with Crippen LogP contribution in [-0.2, 0) is 15.7 Å². The third kappa shape index (κ3) is 9.28. The first-order valence-electron chi connectivity index (χ1n) is 7.26. The quantitative estimate of drug-likeness (QED) is 0.560. The van der Waals surface area contributed by atoms with Gasteiger partial charge >= 0.3 is 6.18 Å². The molecule has 0 aromatic heterocycles. The molecule has 0 saturated carbocycles. The van der Waals surface area contributed by atoms with Crippen LogP contribution in [0.4, 0.5) is 13.2 Å². The van der Waals surface area contributed by atoms with Crippen LogP contribution in [0.15, 0.2) is 24.3 Å². The van der Waals surface area contributed by atoms with Crippen molar-refractivity contribution in [3.63, 3.8) is 0 Å². The zero-order valence-corrected chi connectivity index (χ0v) is 14.4. The Morgan fingerprint density at radius 2 is 1.68 bits per heavy atom. The Morgan fingerprint density at radius 1 is 1.04 bits per heavy atom. The summed E-state index contributed by atoms with van der Waals surface area (Å²) in [6.45, 7) is 1.92. The van der Waals surface area contributed by atoms with Gasteiger partial charge in [-0.3, -0.25) is 9.59 Å². The summed E-state index contributed by atoms with van der Waals surface area (Å²) in [5.41, 5.74) is -0.783. The molecule has 0 fully saturated rings. The topological polar surface area (TPSA) is 79.5 Å². The van der Waals surface area contributed by atoms with Gasteiger partial charge in [-0.15, -0.1) is 12.4 Å². The lowest BCUT2D eigenvalue weighted by Crippen LogP contribution is -2.39. The first kappa shape index (κ1) is 23.2. The van der Waals surface area contributed by atoms with Crippen molar-refractivity contribution in [2.45, 2.75) is 6.18 Å². The lowest BCUT2D eigenvalue weighted by atomic mass is 10.1. The van der Waals surface area contributed by atoms with E-state index in [-0.39, 0.29) is 30.4 Å². The molecule has 0 aliphatic carbocycles. The van der Waals surface area contributed by atoms with Crippen LogP contribution in [0.5, 0.6) is 0 Å². The molecule has 6 nitrogen and oxygen atoms in total. The lowest BCUT2D eigenvalue weighted by molar-refractivity contribution is -0.137. The molecular formula is C15H21ClF3N3O3. The Kier molecular flexibility index (Phi) is 10.8. The first-order valence-corrected chi connectivity index (χ1v) is 7.26. The summed E-state index contributed by atoms with van der Waals surface area (Å²) in [5, 5.41) is 7.97. The van der Waals surface area contributed by atoms with E-state index in [1.807, 2.05) is 0 Å². The summed E-state index contributed by atoms with van der Waals surface area (Å²) in [6, 6.07) is 3.77. The predicted octanol–water partition coefficient (Wildman–Crippen LogP) is 1.21. The Hall–Kier alpha value is -1.84. The van der Waals surface area contributed by atoms with Gasteiger partial charge in [-0.1, -0.05) is 0 Å². The number of amides is 2. The third-order valence-corrected chi connectivity index (χ3v) is 2.99. The number of nitrogens with one attached hydrogen (secondary N) is 3. The van der Waals surface area contributed by atoms with E-state index in [1.54, 1.807) is 7.11 Å². The van der Waals surface area contributed by atoms with Crippen molar-refractivity contribution in [2.24, 2.45) is 0 Å². The minimum absolute atomic E-state index is 0. The normalized spacial score (nSPS) is 10.7. The van der Waals surface area contributed by atoms with Gasteiger partial charge < -0.3 is 20.7 Å². The van der Waals surface area contributed by atoms with E-state index in [1.165, 1.54) is 0 Å². The first-order chi connectivity index (χ1) is 11.3. The van der Waals surface area contributed by atoms with Crippen molar-refractivity contribution in [3.8, 4) is 0 Å². The van der Waals surface area contributed by atoms with Gasteiger partial charge in [-0.2, -0.15) is 13.2 Å². The Morgan fingerprint density at radius 3 is 2.24 bits per heavy atom. The standard InChI is InChI=1S/C15H20F3N3O3.ClH/c1-24-9-8-19-6-7-20-13(22)10-21-14(23)11-2-4-12(5-3-11)15(16,17)18;/h2-5,19H,6-10H2,1H3,(H,20,22)(H,21,23);1H. The fraction of sp³-hybridized carbons (Fsp3) is 0.467. The Balaban J connectivity index is 0.00000576. The number of halogens is 4. The van der Waals surface area contributed by atoms with E-state index >= 15 is 0 Å². The van der Waals surface area contributed by atoms with Gasteiger partial charge in [0, 0.05) is 32.3 Å². The molecule has 0 atom stereocenters. The Labute approximate surface area is 149 Å². The molecule has 1 rings (SSSR count). The van der Waals surface area contributed by atoms with Gasteiger partial charge in [-0.05, 0) is 24.3 Å². The van der Waals surface area contributed by atoms with Crippen molar-refractivity contribution in [1.29, 1.82) is 0 Å². The molecular weight excluding hydrogens is 363 g/mol. The van der Waals surface area contributed by atoms with Gasteiger partial charge in [0.25, 0.3) is 5.91 Å². The van der Waals surface area contributed by atoms with Crippen LogP contribution in [0.25, 0.3) is 0 Å². The van der Waals surface area contributed by atoms with Crippen molar-refractivity contribution in [1.82, 2.24) is 16.0 Å². The molecule has 0 saturated heterocycles. The molecule has 1 aromatic rings. The van der Waals surface area contributed by atoms with Crippen LogP contribution in [0.2, 0.25) is 0 Å². The zero-order valence-electron chi connectivity index (χ0n) is 13.6. The maximum Gasteiger partial charge on any atom is 0.416 e. The molecule has 0 radical (unpaired) electrons. The molecule has 0 aliphatic rings. The number of carbonyl (C=O) groups excluding carboxylic acids is 2. The van der Waals surface area contributed by atoms with Crippen LogP contribution in [0.3, 0.4) is 0 Å². The summed E-state index contributed by atoms with van der Waals surface area (Å²) < 4.78 is 42.1. The zero-order chi connectivity index (χ0) is 18.0. The molecule has 0 unspecified atom stereocenters. The summed E-state index contributed by atoms with van der Waals surface area (Å²) in [6.07, 6.45) is -4.45. The molecule has 0 aliphatic heterocycles. The van der Waals surface area contributed by atoms with E-state index in [2.05, 4.69) is 16.0 Å². The molecule has 25 heavy (non-hydrogen) atoms. The summed E-state index contributed by atoms with van der Waals surface area (Å²) in [4.78, 5) is 23.3. The van der Waals surface area contributed by atoms with Crippen LogP contribution in [0.1, 0.15) is 15.9 Å². The van der Waals surface area contributed by atoms with E-state index in [4.69, 9.17) is 4.74 Å². The van der Waals surface area contributed by atoms with Crippen LogP contribution in [0, 0.1) is 0 Å². The number of methoxy groups -OCH3 is 1. The number of benzene rings is 1. The van der Waals surface area contributed by atoms with Gasteiger partial charge in [0.05, 0.1) is 18.7 Å². The van der Waals surface area contributed by atoms with Crippen LogP contribution >= 0.6 is 12.4 Å². The maximum absolute atomic E-state index is 12.4. The second kappa shape index (κ2) is 11.7. The second-order valence-electron chi connectivity index (χ2n) is 4.85. The molecule has 0 spiro atoms. The van der Waals surface area contributed by atoms with Crippen molar-refractivity contribution in [3.05, 3.63) is 35.4 Å². The van der Waals surface area contributed by atoms with E-state index in [0.29, 0.717) is 26.2 Å². The fourth-order valence-electron chi connectivity index (χ4n) is 1.73. The van der Waals surface area contributed by atoms with Gasteiger partial charge in [0.15, 0.2) is 0 Å². The van der Waals surface area contributed by atoms with E-state index < -0.39 is 17.6 Å². The molecule has 2 amide bonds. The smallest absolute Gasteiger partial charge is 0.383 e. The van der Waals surface area contributed by atoms with Gasteiger partial charge in [0.2, 0.25) is 5.91 Å². The number of alkyl halides is 3. The van der Waals surface area contributed by atoms with Gasteiger partial charge in [0.1, 0.15) is 0 Å². The van der Waals surface area contributed by atoms with Crippen molar-refractivity contribution >= 4 is 24.2 Å². The van der Waals surface area contributed by atoms with E-state index in [9.17, 15) is 22.8 Å². The molecule has 142 valence electrons. The largest absolute Gasteiger partial charge is 0.416 e. The van der Waals surface area contributed by atoms with Crippen LogP contribution in [-0.4, -0.2) is 51.7 Å². The third-order valence-electron chi connectivity index (χ3n) is 2.99. The summed E-state index contributed by atoms with van der Waals surface area (Å²) >= 11 is 0. The average molecular weight is 384 g/mol. The summed E-state index contributed by atoms with van der Waals surface area (Å²) in [7, 11) is 1.59. The van der Waals surface area contributed by atoms with Crippen molar-refractivity contribution < 1.29 is 27.5 Å². The van der Waals surface area contributed by atoms with E-state index in [0.717, 1.165) is 24.3 Å². The number of ether oxygens (including phenoxy) is 1. The minimum Gasteiger partial charge on any atom is -0.383 e. The molecule has 10 heteroatoms. The number of rotatable bonds is 9. The highest BCUT2D eigenvalue weighted by atomic mass is 35.5. The molecule has 3 N–H and O–H groups in total. The number of carbonyl (C=O) groups is 2. The van der Waals surface area contributed by atoms with Crippen LogP contribution < -0.4 is 16.0 Å². The minimum atomic E-state index is -4.45. The molecule has 1 aromatic carbocycles. The number of hydrogen-bond acceptors (Lipinski definition) is 4. The lowest BCUT2D eigenvalue weighted by Gasteiger charge is -2.09. The highest BCUT2D eigenvalue weighted by molar-refractivity contribution is 5.96. The molecule has 0 heterocycles. The fourth-order valence-corrected chi connectivity index (χ4v) is 1.73. The summed E-state index contributed by atoms with van der Waals surface area (Å²) in [5.74, 6) is -0.999. The highest BCUT2D eigenvalue weighted by Crippen LogP contribution is 2.28. The second-order valence-corrected chi connectivity index (χ2v) is 4.85.